The smallest absolute Gasteiger partial charge is 0.191 e. The van der Waals surface area contributed by atoms with Gasteiger partial charge in [0.15, 0.2) is 5.96 Å². The van der Waals surface area contributed by atoms with Gasteiger partial charge in [0, 0.05) is 39.9 Å². The maximum Gasteiger partial charge on any atom is 0.191 e. The maximum atomic E-state index is 12.0. The predicted molar refractivity (Wildman–Crippen MR) is 113 cm³/mol. The van der Waals surface area contributed by atoms with Crippen molar-refractivity contribution < 1.29 is 4.21 Å². The van der Waals surface area contributed by atoms with Gasteiger partial charge in [-0.05, 0) is 39.3 Å². The van der Waals surface area contributed by atoms with Gasteiger partial charge in [-0.1, -0.05) is 29.8 Å². The number of hydrogen-bond acceptors (Lipinski definition) is 2. The average Bonchev–Trinajstić information content (AvgIpc) is 2.45. The molecule has 0 aromatic heterocycles. The highest BCUT2D eigenvalue weighted by atomic mass is 127. The topological polar surface area (TPSA) is 53.5 Å². The minimum Gasteiger partial charge on any atom is -0.355 e. The quantitative estimate of drug-likeness (QED) is 0.391. The normalized spacial score (nSPS) is 14.6. The molecule has 0 bridgehead atoms. The number of benzene rings is 1. The van der Waals surface area contributed by atoms with E-state index in [1.807, 2.05) is 52.0 Å². The van der Waals surface area contributed by atoms with Crippen LogP contribution in [-0.4, -0.2) is 34.3 Å². The molecule has 0 amide bonds. The van der Waals surface area contributed by atoms with Crippen molar-refractivity contribution in [2.45, 2.75) is 38.5 Å². The summed E-state index contributed by atoms with van der Waals surface area (Å²) in [5, 5.41) is 7.22. The van der Waals surface area contributed by atoms with Crippen LogP contribution in [0.2, 0.25) is 5.02 Å². The fourth-order valence-corrected chi connectivity index (χ4v) is 3.07. The van der Waals surface area contributed by atoms with Gasteiger partial charge in [0.2, 0.25) is 0 Å². The zero-order valence-electron chi connectivity index (χ0n) is 14.4. The van der Waals surface area contributed by atoms with Crippen LogP contribution in [0.5, 0.6) is 0 Å². The predicted octanol–water partition coefficient (Wildman–Crippen LogP) is 3.73. The Kier molecular flexibility index (Phi) is 10.4. The summed E-state index contributed by atoms with van der Waals surface area (Å²) in [7, 11) is 0.843. The van der Waals surface area contributed by atoms with E-state index < -0.39 is 10.8 Å². The highest BCUT2D eigenvalue weighted by molar-refractivity contribution is 14.0. The lowest BCUT2D eigenvalue weighted by molar-refractivity contribution is 0.645. The first-order valence-corrected chi connectivity index (χ1v) is 9.05. The molecule has 0 fully saturated rings. The van der Waals surface area contributed by atoms with Crippen LogP contribution in [0.25, 0.3) is 0 Å². The second kappa shape index (κ2) is 10.5. The standard InChI is InChI=1S/C16H26ClN3OS.HI/c1-12(13-8-6-7-9-14(13)17)20-15(18-5)19-10-11-22(21)16(2,3)4;/h6-9,12H,10-11H2,1-5H3,(H2,18,19,20);1H. The van der Waals surface area contributed by atoms with Crippen molar-refractivity contribution in [2.24, 2.45) is 4.99 Å². The Morgan fingerprint density at radius 3 is 2.48 bits per heavy atom. The van der Waals surface area contributed by atoms with Gasteiger partial charge >= 0.3 is 0 Å². The van der Waals surface area contributed by atoms with Crippen molar-refractivity contribution >= 4 is 52.3 Å². The number of hydrogen-bond donors (Lipinski definition) is 2. The van der Waals surface area contributed by atoms with E-state index in [1.54, 1.807) is 7.05 Å². The van der Waals surface area contributed by atoms with Gasteiger partial charge in [0.05, 0.1) is 6.04 Å². The second-order valence-corrected chi connectivity index (χ2v) is 8.78. The largest absolute Gasteiger partial charge is 0.355 e. The molecule has 0 aliphatic carbocycles. The number of halogens is 2. The second-order valence-electron chi connectivity index (χ2n) is 6.05. The molecule has 23 heavy (non-hydrogen) atoms. The van der Waals surface area contributed by atoms with Gasteiger partial charge < -0.3 is 10.6 Å². The van der Waals surface area contributed by atoms with E-state index in [4.69, 9.17) is 11.6 Å². The molecule has 1 rings (SSSR count). The average molecular weight is 472 g/mol. The van der Waals surface area contributed by atoms with E-state index in [-0.39, 0.29) is 34.8 Å². The molecule has 0 saturated heterocycles. The third-order valence-corrected chi connectivity index (χ3v) is 5.50. The Bertz CT molecular complexity index is 546. The molecule has 0 spiro atoms. The highest BCUT2D eigenvalue weighted by Crippen LogP contribution is 2.21. The summed E-state index contributed by atoms with van der Waals surface area (Å²) in [5.41, 5.74) is 1.02. The molecule has 2 atom stereocenters. The Balaban J connectivity index is 0.00000484. The van der Waals surface area contributed by atoms with Crippen LogP contribution in [0.15, 0.2) is 29.3 Å². The summed E-state index contributed by atoms with van der Waals surface area (Å²) in [6.07, 6.45) is 0. The Morgan fingerprint density at radius 1 is 1.35 bits per heavy atom. The van der Waals surface area contributed by atoms with E-state index in [9.17, 15) is 4.21 Å². The van der Waals surface area contributed by atoms with E-state index >= 15 is 0 Å². The van der Waals surface area contributed by atoms with Gasteiger partial charge in [-0.3, -0.25) is 9.20 Å². The molecule has 0 radical (unpaired) electrons. The maximum absolute atomic E-state index is 12.0. The molecule has 0 heterocycles. The number of guanidine groups is 1. The van der Waals surface area contributed by atoms with Crippen LogP contribution in [-0.2, 0) is 10.8 Å². The Morgan fingerprint density at radius 2 is 1.96 bits per heavy atom. The molecule has 7 heteroatoms. The Labute approximate surface area is 164 Å². The number of rotatable bonds is 5. The fourth-order valence-electron chi connectivity index (χ4n) is 1.87. The van der Waals surface area contributed by atoms with Gasteiger partial charge in [0.25, 0.3) is 0 Å². The van der Waals surface area contributed by atoms with E-state index in [2.05, 4.69) is 15.6 Å². The first-order valence-electron chi connectivity index (χ1n) is 7.35. The Hall–Kier alpha value is -0.340. The molecule has 0 aliphatic heterocycles. The van der Waals surface area contributed by atoms with Crippen molar-refractivity contribution in [3.8, 4) is 0 Å². The van der Waals surface area contributed by atoms with Crippen LogP contribution in [0, 0.1) is 0 Å². The zero-order valence-corrected chi connectivity index (χ0v) is 18.3. The van der Waals surface area contributed by atoms with Crippen molar-refractivity contribution in [3.63, 3.8) is 0 Å². The summed E-state index contributed by atoms with van der Waals surface area (Å²) >= 11 is 6.20. The van der Waals surface area contributed by atoms with Gasteiger partial charge in [-0.2, -0.15) is 0 Å². The van der Waals surface area contributed by atoms with E-state index in [0.717, 1.165) is 10.6 Å². The molecule has 0 aliphatic rings. The number of nitrogens with zero attached hydrogens (tertiary/aromatic N) is 1. The minimum atomic E-state index is -0.874. The summed E-state index contributed by atoms with van der Waals surface area (Å²) in [6.45, 7) is 8.58. The lowest BCUT2D eigenvalue weighted by atomic mass is 10.1. The van der Waals surface area contributed by atoms with Crippen molar-refractivity contribution in [1.29, 1.82) is 0 Å². The monoisotopic (exact) mass is 471 g/mol. The molecule has 0 saturated carbocycles. The molecular formula is C16H27ClIN3OS. The minimum absolute atomic E-state index is 0. The molecule has 2 N–H and O–H groups in total. The number of aliphatic imine (C=N–C) groups is 1. The van der Waals surface area contributed by atoms with Crippen LogP contribution >= 0.6 is 35.6 Å². The van der Waals surface area contributed by atoms with Gasteiger partial charge in [-0.25, -0.2) is 0 Å². The molecule has 4 nitrogen and oxygen atoms in total. The molecular weight excluding hydrogens is 445 g/mol. The van der Waals surface area contributed by atoms with Gasteiger partial charge in [-0.15, -0.1) is 24.0 Å². The number of nitrogens with one attached hydrogen (secondary N) is 2. The molecule has 1 aromatic carbocycles. The molecule has 1 aromatic rings. The van der Waals surface area contributed by atoms with Crippen molar-refractivity contribution in [3.05, 3.63) is 34.9 Å². The summed E-state index contributed by atoms with van der Waals surface area (Å²) in [4.78, 5) is 4.19. The third kappa shape index (κ3) is 7.85. The molecule has 132 valence electrons. The summed E-state index contributed by atoms with van der Waals surface area (Å²) in [6, 6.07) is 7.77. The van der Waals surface area contributed by atoms with Crippen LogP contribution in [0.4, 0.5) is 0 Å². The third-order valence-electron chi connectivity index (χ3n) is 3.21. The lowest BCUT2D eigenvalue weighted by Crippen LogP contribution is -2.41. The zero-order chi connectivity index (χ0) is 16.8. The first-order chi connectivity index (χ1) is 10.3. The summed E-state index contributed by atoms with van der Waals surface area (Å²) < 4.78 is 11.8. The van der Waals surface area contributed by atoms with E-state index in [1.165, 1.54) is 0 Å². The van der Waals surface area contributed by atoms with Crippen LogP contribution in [0.3, 0.4) is 0 Å². The SMILES string of the molecule is CN=C(NCCS(=O)C(C)(C)C)NC(C)c1ccccc1Cl.I. The molecule has 2 unspecified atom stereocenters. The van der Waals surface area contributed by atoms with Crippen molar-refractivity contribution in [1.82, 2.24) is 10.6 Å². The lowest BCUT2D eigenvalue weighted by Gasteiger charge is -2.21. The fraction of sp³-hybridized carbons (Fsp3) is 0.562. The van der Waals surface area contributed by atoms with E-state index in [0.29, 0.717) is 18.3 Å². The van der Waals surface area contributed by atoms with Crippen molar-refractivity contribution in [2.75, 3.05) is 19.3 Å². The van der Waals surface area contributed by atoms with Crippen LogP contribution < -0.4 is 10.6 Å². The van der Waals surface area contributed by atoms with Crippen LogP contribution in [0.1, 0.15) is 39.3 Å². The summed E-state index contributed by atoms with van der Waals surface area (Å²) in [5.74, 6) is 1.27. The first kappa shape index (κ1) is 22.7. The van der Waals surface area contributed by atoms with Gasteiger partial charge in [0.1, 0.15) is 0 Å². The highest BCUT2D eigenvalue weighted by Gasteiger charge is 2.19.